The standard InChI is InChI=1S/C16H17NO3/c1-19-12-13-20-17(15-10-6-3-7-11-15)16(18)14-8-4-2-5-9-14/h2-11H,12-13H2,1H3. The highest BCUT2D eigenvalue weighted by molar-refractivity contribution is 6.04. The molecule has 1 amide bonds. The minimum Gasteiger partial charge on any atom is -0.382 e. The van der Waals surface area contributed by atoms with Gasteiger partial charge in [0.05, 0.1) is 18.9 Å². The van der Waals surface area contributed by atoms with Crippen LogP contribution in [-0.2, 0) is 9.57 Å². The van der Waals surface area contributed by atoms with Gasteiger partial charge in [0.25, 0.3) is 5.91 Å². The summed E-state index contributed by atoms with van der Waals surface area (Å²) in [5.74, 6) is -0.201. The summed E-state index contributed by atoms with van der Waals surface area (Å²) < 4.78 is 4.95. The van der Waals surface area contributed by atoms with E-state index in [0.717, 1.165) is 0 Å². The quantitative estimate of drug-likeness (QED) is 0.599. The van der Waals surface area contributed by atoms with Crippen molar-refractivity contribution < 1.29 is 14.4 Å². The van der Waals surface area contributed by atoms with Crippen LogP contribution in [0.1, 0.15) is 10.4 Å². The van der Waals surface area contributed by atoms with Gasteiger partial charge in [0.1, 0.15) is 0 Å². The molecule has 0 radical (unpaired) electrons. The highest BCUT2D eigenvalue weighted by atomic mass is 16.7. The first-order valence-electron chi connectivity index (χ1n) is 6.39. The van der Waals surface area contributed by atoms with Gasteiger partial charge in [0, 0.05) is 12.7 Å². The van der Waals surface area contributed by atoms with Gasteiger partial charge >= 0.3 is 0 Å². The molecular weight excluding hydrogens is 254 g/mol. The SMILES string of the molecule is COCCON(C(=O)c1ccccc1)c1ccccc1. The molecule has 0 unspecified atom stereocenters. The zero-order valence-corrected chi connectivity index (χ0v) is 11.4. The molecule has 0 saturated carbocycles. The van der Waals surface area contributed by atoms with E-state index in [1.807, 2.05) is 48.5 Å². The summed E-state index contributed by atoms with van der Waals surface area (Å²) in [7, 11) is 1.59. The van der Waals surface area contributed by atoms with Gasteiger partial charge in [-0.15, -0.1) is 0 Å². The third-order valence-corrected chi connectivity index (χ3v) is 2.70. The first kappa shape index (κ1) is 14.2. The largest absolute Gasteiger partial charge is 0.382 e. The molecule has 0 atom stereocenters. The van der Waals surface area contributed by atoms with Crippen LogP contribution in [0, 0.1) is 0 Å². The zero-order valence-electron chi connectivity index (χ0n) is 11.4. The van der Waals surface area contributed by atoms with E-state index in [0.29, 0.717) is 24.5 Å². The summed E-state index contributed by atoms with van der Waals surface area (Å²) in [5.41, 5.74) is 1.27. The van der Waals surface area contributed by atoms with Crippen molar-refractivity contribution in [1.82, 2.24) is 0 Å². The summed E-state index contributed by atoms with van der Waals surface area (Å²) in [6.07, 6.45) is 0. The Morgan fingerprint density at radius 3 is 2.15 bits per heavy atom. The number of carbonyl (C=O) groups is 1. The number of hydrogen-bond acceptors (Lipinski definition) is 3. The summed E-state index contributed by atoms with van der Waals surface area (Å²) >= 11 is 0. The van der Waals surface area contributed by atoms with Gasteiger partial charge in [-0.3, -0.25) is 9.63 Å². The number of hydrogen-bond donors (Lipinski definition) is 0. The summed E-state index contributed by atoms with van der Waals surface area (Å²) in [6.45, 7) is 0.732. The first-order chi connectivity index (χ1) is 9.83. The lowest BCUT2D eigenvalue weighted by atomic mass is 10.2. The van der Waals surface area contributed by atoms with E-state index in [2.05, 4.69) is 0 Å². The fraction of sp³-hybridized carbons (Fsp3) is 0.188. The molecule has 0 bridgehead atoms. The molecule has 4 nitrogen and oxygen atoms in total. The van der Waals surface area contributed by atoms with Gasteiger partial charge < -0.3 is 4.74 Å². The first-order valence-corrected chi connectivity index (χ1v) is 6.39. The van der Waals surface area contributed by atoms with E-state index in [4.69, 9.17) is 9.57 Å². The molecule has 0 heterocycles. The maximum atomic E-state index is 12.5. The lowest BCUT2D eigenvalue weighted by molar-refractivity contribution is 0.0439. The van der Waals surface area contributed by atoms with Crippen molar-refractivity contribution in [3.05, 3.63) is 66.2 Å². The van der Waals surface area contributed by atoms with Crippen molar-refractivity contribution in [1.29, 1.82) is 0 Å². The molecule has 2 aromatic rings. The zero-order chi connectivity index (χ0) is 14.2. The highest BCUT2D eigenvalue weighted by Crippen LogP contribution is 2.17. The third-order valence-electron chi connectivity index (χ3n) is 2.70. The van der Waals surface area contributed by atoms with Crippen molar-refractivity contribution in [3.63, 3.8) is 0 Å². The number of ether oxygens (including phenoxy) is 1. The normalized spacial score (nSPS) is 10.2. The van der Waals surface area contributed by atoms with Crippen LogP contribution in [0.25, 0.3) is 0 Å². The number of para-hydroxylation sites is 1. The van der Waals surface area contributed by atoms with Gasteiger partial charge in [0.15, 0.2) is 0 Å². The highest BCUT2D eigenvalue weighted by Gasteiger charge is 2.18. The smallest absolute Gasteiger partial charge is 0.282 e. The molecule has 2 aromatic carbocycles. The van der Waals surface area contributed by atoms with Gasteiger partial charge in [-0.2, -0.15) is 5.06 Å². The van der Waals surface area contributed by atoms with Crippen LogP contribution in [0.5, 0.6) is 0 Å². The second-order valence-corrected chi connectivity index (χ2v) is 4.13. The number of anilines is 1. The molecule has 0 aliphatic heterocycles. The Hall–Kier alpha value is -2.17. The van der Waals surface area contributed by atoms with Gasteiger partial charge in [-0.1, -0.05) is 36.4 Å². The van der Waals surface area contributed by atoms with E-state index in [1.165, 1.54) is 5.06 Å². The van der Waals surface area contributed by atoms with E-state index < -0.39 is 0 Å². The molecule has 104 valence electrons. The number of benzene rings is 2. The molecular formula is C16H17NO3. The second-order valence-electron chi connectivity index (χ2n) is 4.13. The number of carbonyl (C=O) groups excluding carboxylic acids is 1. The predicted molar refractivity (Wildman–Crippen MR) is 77.5 cm³/mol. The topological polar surface area (TPSA) is 38.8 Å². The van der Waals surface area contributed by atoms with Crippen LogP contribution < -0.4 is 5.06 Å². The fourth-order valence-electron chi connectivity index (χ4n) is 1.72. The van der Waals surface area contributed by atoms with E-state index in [1.54, 1.807) is 19.2 Å². The lowest BCUT2D eigenvalue weighted by Gasteiger charge is -2.21. The Labute approximate surface area is 118 Å². The van der Waals surface area contributed by atoms with Crippen LogP contribution >= 0.6 is 0 Å². The molecule has 0 aliphatic rings. The Kier molecular flexibility index (Phi) is 5.29. The summed E-state index contributed by atoms with van der Waals surface area (Å²) in [4.78, 5) is 18.0. The third kappa shape index (κ3) is 3.66. The molecule has 0 aromatic heterocycles. The number of hydroxylamine groups is 1. The fourth-order valence-corrected chi connectivity index (χ4v) is 1.72. The minimum absolute atomic E-state index is 0.201. The molecule has 0 spiro atoms. The molecule has 20 heavy (non-hydrogen) atoms. The monoisotopic (exact) mass is 271 g/mol. The van der Waals surface area contributed by atoms with Crippen molar-refractivity contribution in [2.75, 3.05) is 25.4 Å². The van der Waals surface area contributed by atoms with Crippen molar-refractivity contribution in [3.8, 4) is 0 Å². The lowest BCUT2D eigenvalue weighted by Crippen LogP contribution is -2.32. The molecule has 2 rings (SSSR count). The van der Waals surface area contributed by atoms with Crippen LogP contribution in [-0.4, -0.2) is 26.2 Å². The average molecular weight is 271 g/mol. The maximum Gasteiger partial charge on any atom is 0.282 e. The Balaban J connectivity index is 2.20. The maximum absolute atomic E-state index is 12.5. The molecule has 0 aliphatic carbocycles. The Bertz CT molecular complexity index is 528. The molecule has 0 saturated heterocycles. The van der Waals surface area contributed by atoms with Gasteiger partial charge in [-0.25, -0.2) is 0 Å². The van der Waals surface area contributed by atoms with Crippen molar-refractivity contribution >= 4 is 11.6 Å². The van der Waals surface area contributed by atoms with Crippen LogP contribution in [0.4, 0.5) is 5.69 Å². The summed E-state index contributed by atoms with van der Waals surface area (Å²) in [5, 5.41) is 1.30. The van der Waals surface area contributed by atoms with E-state index >= 15 is 0 Å². The predicted octanol–water partition coefficient (Wildman–Crippen LogP) is 2.91. The van der Waals surface area contributed by atoms with E-state index in [9.17, 15) is 4.79 Å². The second kappa shape index (κ2) is 7.43. The van der Waals surface area contributed by atoms with Gasteiger partial charge in [0.2, 0.25) is 0 Å². The molecule has 4 heteroatoms. The van der Waals surface area contributed by atoms with Crippen LogP contribution in [0.3, 0.4) is 0 Å². The number of amides is 1. The minimum atomic E-state index is -0.201. The van der Waals surface area contributed by atoms with Crippen molar-refractivity contribution in [2.24, 2.45) is 0 Å². The molecule has 0 N–H and O–H groups in total. The number of nitrogens with zero attached hydrogens (tertiary/aromatic N) is 1. The molecule has 0 fully saturated rings. The number of rotatable bonds is 6. The Morgan fingerprint density at radius 2 is 1.55 bits per heavy atom. The van der Waals surface area contributed by atoms with Crippen LogP contribution in [0.2, 0.25) is 0 Å². The van der Waals surface area contributed by atoms with Crippen molar-refractivity contribution in [2.45, 2.75) is 0 Å². The average Bonchev–Trinajstić information content (AvgIpc) is 2.53. The Morgan fingerprint density at radius 1 is 0.950 bits per heavy atom. The summed E-state index contributed by atoms with van der Waals surface area (Å²) in [6, 6.07) is 18.3. The number of methoxy groups -OCH3 is 1. The van der Waals surface area contributed by atoms with E-state index in [-0.39, 0.29) is 5.91 Å². The van der Waals surface area contributed by atoms with Crippen LogP contribution in [0.15, 0.2) is 60.7 Å². The van der Waals surface area contributed by atoms with Gasteiger partial charge in [-0.05, 0) is 24.3 Å².